The van der Waals surface area contributed by atoms with Gasteiger partial charge in [-0.15, -0.1) is 0 Å². The Balaban J connectivity index is 2.25. The van der Waals surface area contributed by atoms with Crippen molar-refractivity contribution in [3.8, 4) is 5.75 Å². The van der Waals surface area contributed by atoms with Gasteiger partial charge in [0.15, 0.2) is 0 Å². The first kappa shape index (κ1) is 13.1. The highest BCUT2D eigenvalue weighted by molar-refractivity contribution is 6.06. The van der Waals surface area contributed by atoms with E-state index in [9.17, 15) is 4.79 Å². The number of carbonyl (C=O) groups is 1. The first-order valence-corrected chi connectivity index (χ1v) is 6.13. The molecular formula is C16H17NO2. The van der Waals surface area contributed by atoms with E-state index >= 15 is 0 Å². The molecular weight excluding hydrogens is 238 g/mol. The molecule has 0 aliphatic heterocycles. The number of nitrogens with one attached hydrogen (secondary N) is 1. The zero-order valence-corrected chi connectivity index (χ0v) is 11.4. The molecule has 19 heavy (non-hydrogen) atoms. The van der Waals surface area contributed by atoms with Gasteiger partial charge >= 0.3 is 0 Å². The molecule has 3 heteroatoms. The van der Waals surface area contributed by atoms with Crippen molar-refractivity contribution in [1.29, 1.82) is 0 Å². The van der Waals surface area contributed by atoms with Gasteiger partial charge in [-0.25, -0.2) is 0 Å². The second kappa shape index (κ2) is 5.57. The van der Waals surface area contributed by atoms with Gasteiger partial charge in [-0.2, -0.15) is 0 Å². The smallest absolute Gasteiger partial charge is 0.259 e. The summed E-state index contributed by atoms with van der Waals surface area (Å²) in [4.78, 5) is 12.2. The van der Waals surface area contributed by atoms with Crippen LogP contribution in [0.3, 0.4) is 0 Å². The maximum Gasteiger partial charge on any atom is 0.259 e. The van der Waals surface area contributed by atoms with Crippen LogP contribution < -0.4 is 10.1 Å². The van der Waals surface area contributed by atoms with Crippen molar-refractivity contribution < 1.29 is 9.53 Å². The molecule has 0 heterocycles. The molecule has 0 aromatic heterocycles. The van der Waals surface area contributed by atoms with Crippen molar-refractivity contribution in [3.63, 3.8) is 0 Å². The van der Waals surface area contributed by atoms with Crippen LogP contribution in [0.1, 0.15) is 21.5 Å². The Hall–Kier alpha value is -2.29. The van der Waals surface area contributed by atoms with Crippen molar-refractivity contribution in [2.45, 2.75) is 13.8 Å². The summed E-state index contributed by atoms with van der Waals surface area (Å²) in [6.45, 7) is 4.01. The molecule has 0 saturated carbocycles. The Morgan fingerprint density at radius 1 is 1.05 bits per heavy atom. The Morgan fingerprint density at radius 2 is 1.68 bits per heavy atom. The molecule has 0 radical (unpaired) electrons. The van der Waals surface area contributed by atoms with Crippen LogP contribution in [0.15, 0.2) is 42.5 Å². The number of aryl methyl sites for hydroxylation is 2. The molecule has 0 saturated heterocycles. The summed E-state index contributed by atoms with van der Waals surface area (Å²) in [5.41, 5.74) is 3.57. The summed E-state index contributed by atoms with van der Waals surface area (Å²) >= 11 is 0. The fourth-order valence-electron chi connectivity index (χ4n) is 2.08. The molecule has 0 spiro atoms. The van der Waals surface area contributed by atoms with E-state index in [0.717, 1.165) is 16.8 Å². The summed E-state index contributed by atoms with van der Waals surface area (Å²) in [6, 6.07) is 13.1. The highest BCUT2D eigenvalue weighted by Gasteiger charge is 2.11. The zero-order valence-electron chi connectivity index (χ0n) is 11.4. The normalized spacial score (nSPS) is 10.1. The first-order chi connectivity index (χ1) is 9.10. The van der Waals surface area contributed by atoms with Gasteiger partial charge in [-0.1, -0.05) is 18.2 Å². The second-order valence-electron chi connectivity index (χ2n) is 4.53. The van der Waals surface area contributed by atoms with Crippen LogP contribution in [0.4, 0.5) is 5.69 Å². The number of amides is 1. The van der Waals surface area contributed by atoms with Gasteiger partial charge in [0, 0.05) is 5.69 Å². The number of methoxy groups -OCH3 is 1. The van der Waals surface area contributed by atoms with Crippen molar-refractivity contribution in [1.82, 2.24) is 0 Å². The number of carbonyl (C=O) groups excluding carboxylic acids is 1. The summed E-state index contributed by atoms with van der Waals surface area (Å²) in [5, 5.41) is 2.90. The van der Waals surface area contributed by atoms with Crippen LogP contribution in [-0.4, -0.2) is 13.0 Å². The van der Waals surface area contributed by atoms with Crippen LogP contribution in [0.25, 0.3) is 0 Å². The van der Waals surface area contributed by atoms with Gasteiger partial charge in [0.25, 0.3) is 5.91 Å². The number of para-hydroxylation sites is 1. The van der Waals surface area contributed by atoms with Crippen LogP contribution in [0.5, 0.6) is 5.75 Å². The molecule has 3 nitrogen and oxygen atoms in total. The lowest BCUT2D eigenvalue weighted by atomic mass is 10.1. The fourth-order valence-corrected chi connectivity index (χ4v) is 2.08. The molecule has 0 aliphatic carbocycles. The van der Waals surface area contributed by atoms with E-state index < -0.39 is 0 Å². The van der Waals surface area contributed by atoms with E-state index in [1.165, 1.54) is 0 Å². The Labute approximate surface area is 113 Å². The summed E-state index contributed by atoms with van der Waals surface area (Å²) < 4.78 is 5.19. The third kappa shape index (κ3) is 3.13. The largest absolute Gasteiger partial charge is 0.496 e. The highest BCUT2D eigenvalue weighted by Crippen LogP contribution is 2.20. The number of rotatable bonds is 3. The van der Waals surface area contributed by atoms with E-state index in [-0.39, 0.29) is 5.91 Å². The SMILES string of the molecule is COc1ccccc1C(=O)Nc1cc(C)cc(C)c1. The molecule has 98 valence electrons. The fraction of sp³-hybridized carbons (Fsp3) is 0.188. The predicted octanol–water partition coefficient (Wildman–Crippen LogP) is 3.56. The van der Waals surface area contributed by atoms with Crippen LogP contribution in [-0.2, 0) is 0 Å². The third-order valence-corrected chi connectivity index (χ3v) is 2.83. The van der Waals surface area contributed by atoms with Gasteiger partial charge < -0.3 is 10.1 Å². The Kier molecular flexibility index (Phi) is 3.85. The molecule has 0 atom stereocenters. The standard InChI is InChI=1S/C16H17NO2/c1-11-8-12(2)10-13(9-11)17-16(18)14-6-4-5-7-15(14)19-3/h4-10H,1-3H3,(H,17,18). The average Bonchev–Trinajstić information content (AvgIpc) is 2.37. The minimum absolute atomic E-state index is 0.164. The van der Waals surface area contributed by atoms with E-state index in [4.69, 9.17) is 4.74 Å². The summed E-state index contributed by atoms with van der Waals surface area (Å²) in [6.07, 6.45) is 0. The molecule has 1 amide bonds. The number of ether oxygens (including phenoxy) is 1. The molecule has 2 aromatic rings. The minimum atomic E-state index is -0.164. The Bertz CT molecular complexity index is 585. The van der Waals surface area contributed by atoms with E-state index in [1.54, 1.807) is 19.2 Å². The second-order valence-corrected chi connectivity index (χ2v) is 4.53. The molecule has 2 aromatic carbocycles. The lowest BCUT2D eigenvalue weighted by Gasteiger charge is -2.10. The van der Waals surface area contributed by atoms with Crippen molar-refractivity contribution in [2.24, 2.45) is 0 Å². The van der Waals surface area contributed by atoms with Crippen LogP contribution in [0.2, 0.25) is 0 Å². The van der Waals surface area contributed by atoms with Crippen molar-refractivity contribution in [2.75, 3.05) is 12.4 Å². The lowest BCUT2D eigenvalue weighted by Crippen LogP contribution is -2.13. The summed E-state index contributed by atoms with van der Waals surface area (Å²) in [7, 11) is 1.56. The topological polar surface area (TPSA) is 38.3 Å². The van der Waals surface area contributed by atoms with Gasteiger partial charge in [0.05, 0.1) is 12.7 Å². The summed E-state index contributed by atoms with van der Waals surface area (Å²) in [5.74, 6) is 0.409. The maximum absolute atomic E-state index is 12.2. The lowest BCUT2D eigenvalue weighted by molar-refractivity contribution is 0.102. The van der Waals surface area contributed by atoms with E-state index in [1.807, 2.05) is 38.1 Å². The molecule has 0 bridgehead atoms. The molecule has 0 unspecified atom stereocenters. The number of hydrogen-bond donors (Lipinski definition) is 1. The monoisotopic (exact) mass is 255 g/mol. The van der Waals surface area contributed by atoms with E-state index in [2.05, 4.69) is 11.4 Å². The Morgan fingerprint density at radius 3 is 2.32 bits per heavy atom. The van der Waals surface area contributed by atoms with Gasteiger partial charge in [-0.05, 0) is 49.2 Å². The molecule has 0 aliphatic rings. The number of hydrogen-bond acceptors (Lipinski definition) is 2. The van der Waals surface area contributed by atoms with E-state index in [0.29, 0.717) is 11.3 Å². The number of anilines is 1. The average molecular weight is 255 g/mol. The van der Waals surface area contributed by atoms with Crippen molar-refractivity contribution in [3.05, 3.63) is 59.2 Å². The van der Waals surface area contributed by atoms with Gasteiger partial charge in [0.1, 0.15) is 5.75 Å². The number of benzene rings is 2. The minimum Gasteiger partial charge on any atom is -0.496 e. The van der Waals surface area contributed by atoms with Crippen LogP contribution >= 0.6 is 0 Å². The molecule has 1 N–H and O–H groups in total. The van der Waals surface area contributed by atoms with Crippen LogP contribution in [0, 0.1) is 13.8 Å². The van der Waals surface area contributed by atoms with Crippen molar-refractivity contribution >= 4 is 11.6 Å². The van der Waals surface area contributed by atoms with Gasteiger partial charge in [-0.3, -0.25) is 4.79 Å². The molecule has 0 fully saturated rings. The predicted molar refractivity (Wildman–Crippen MR) is 76.9 cm³/mol. The highest BCUT2D eigenvalue weighted by atomic mass is 16.5. The zero-order chi connectivity index (χ0) is 13.8. The third-order valence-electron chi connectivity index (χ3n) is 2.83. The quantitative estimate of drug-likeness (QED) is 0.910. The maximum atomic E-state index is 12.2. The first-order valence-electron chi connectivity index (χ1n) is 6.13. The molecule has 2 rings (SSSR count). The van der Waals surface area contributed by atoms with Gasteiger partial charge in [0.2, 0.25) is 0 Å².